The number of rotatable bonds is 8. The second kappa shape index (κ2) is 7.92. The molecular weight excluding hydrogens is 316 g/mol. The Kier molecular flexibility index (Phi) is 5.42. The largest absolute Gasteiger partial charge is 0.315 e. The van der Waals surface area contributed by atoms with Gasteiger partial charge in [-0.15, -0.1) is 0 Å². The Morgan fingerprint density at radius 2 is 2.04 bits per heavy atom. The van der Waals surface area contributed by atoms with Gasteiger partial charge in [0.2, 0.25) is 0 Å². The fourth-order valence-electron chi connectivity index (χ4n) is 2.78. The number of unbranched alkanes of at least 4 members (excludes halogenated alkanes) is 2. The van der Waals surface area contributed by atoms with Crippen molar-refractivity contribution >= 4 is 0 Å². The normalized spacial score (nSPS) is 11.1. The van der Waals surface area contributed by atoms with Crippen molar-refractivity contribution in [3.05, 3.63) is 58.8 Å². The van der Waals surface area contributed by atoms with Crippen molar-refractivity contribution in [2.45, 2.75) is 45.6 Å². The Labute approximate surface area is 146 Å². The first-order valence-corrected chi connectivity index (χ1v) is 8.76. The maximum absolute atomic E-state index is 11.9. The van der Waals surface area contributed by atoms with Gasteiger partial charge in [0.1, 0.15) is 11.5 Å². The molecule has 0 aliphatic heterocycles. The molecule has 3 aromatic heterocycles. The number of pyridine rings is 1. The second-order valence-corrected chi connectivity index (χ2v) is 6.17. The van der Waals surface area contributed by atoms with Crippen LogP contribution in [0.5, 0.6) is 0 Å². The molecule has 25 heavy (non-hydrogen) atoms. The number of hydrogen-bond acceptors (Lipinski definition) is 4. The van der Waals surface area contributed by atoms with Crippen LogP contribution in [0.25, 0.3) is 5.69 Å². The molecule has 3 aromatic rings. The van der Waals surface area contributed by atoms with E-state index in [1.807, 2.05) is 24.0 Å². The van der Waals surface area contributed by atoms with Gasteiger partial charge in [-0.3, -0.25) is 9.48 Å². The van der Waals surface area contributed by atoms with Crippen molar-refractivity contribution in [2.75, 3.05) is 0 Å². The van der Waals surface area contributed by atoms with Crippen LogP contribution >= 0.6 is 0 Å². The van der Waals surface area contributed by atoms with Crippen LogP contribution in [0.1, 0.15) is 37.8 Å². The van der Waals surface area contributed by atoms with E-state index in [1.54, 1.807) is 33.8 Å². The minimum Gasteiger partial charge on any atom is -0.315 e. The van der Waals surface area contributed by atoms with Gasteiger partial charge in [-0.25, -0.2) is 9.67 Å². The molecule has 0 bridgehead atoms. The van der Waals surface area contributed by atoms with Crippen LogP contribution in [0.3, 0.4) is 0 Å². The summed E-state index contributed by atoms with van der Waals surface area (Å²) in [7, 11) is 1.88. The Bertz CT molecular complexity index is 876. The van der Waals surface area contributed by atoms with Gasteiger partial charge in [0, 0.05) is 38.7 Å². The maximum atomic E-state index is 11.9. The molecule has 0 aromatic carbocycles. The lowest BCUT2D eigenvalue weighted by atomic mass is 10.2. The molecule has 0 amide bonds. The molecule has 0 saturated heterocycles. The molecule has 3 rings (SSSR count). The molecule has 0 saturated carbocycles. The second-order valence-electron chi connectivity index (χ2n) is 6.17. The summed E-state index contributed by atoms with van der Waals surface area (Å²) in [4.78, 5) is 16.6. The average Bonchev–Trinajstić information content (AvgIpc) is 3.20. The highest BCUT2D eigenvalue weighted by atomic mass is 16.1. The summed E-state index contributed by atoms with van der Waals surface area (Å²) < 4.78 is 5.29. The van der Waals surface area contributed by atoms with Gasteiger partial charge in [0.25, 0.3) is 5.56 Å². The highest BCUT2D eigenvalue weighted by Crippen LogP contribution is 2.12. The molecule has 0 fully saturated rings. The minimum atomic E-state index is -0.00175. The van der Waals surface area contributed by atoms with E-state index in [0.717, 1.165) is 30.2 Å². The molecule has 0 unspecified atom stereocenters. The van der Waals surface area contributed by atoms with Gasteiger partial charge in [-0.1, -0.05) is 25.8 Å². The van der Waals surface area contributed by atoms with E-state index in [-0.39, 0.29) is 5.56 Å². The zero-order chi connectivity index (χ0) is 17.6. The number of hydrogen-bond donors (Lipinski definition) is 0. The Morgan fingerprint density at radius 3 is 2.76 bits per heavy atom. The first-order chi connectivity index (χ1) is 12.2. The van der Waals surface area contributed by atoms with Crippen LogP contribution < -0.4 is 5.56 Å². The van der Waals surface area contributed by atoms with Crippen molar-refractivity contribution in [1.82, 2.24) is 29.1 Å². The fourth-order valence-corrected chi connectivity index (χ4v) is 2.78. The molecule has 7 nitrogen and oxygen atoms in total. The van der Waals surface area contributed by atoms with Gasteiger partial charge >= 0.3 is 0 Å². The lowest BCUT2D eigenvalue weighted by molar-refractivity contribution is 0.634. The predicted octanol–water partition coefficient (Wildman–Crippen LogP) is 2.14. The Morgan fingerprint density at radius 1 is 1.16 bits per heavy atom. The SMILES string of the molecule is CCCCCc1nc(CCn2ccccc2=O)n(-c2cnn(C)c2)n1. The first-order valence-electron chi connectivity index (χ1n) is 8.76. The van der Waals surface area contributed by atoms with Gasteiger partial charge in [0.15, 0.2) is 5.82 Å². The van der Waals surface area contributed by atoms with Crippen LogP contribution in [0.4, 0.5) is 0 Å². The van der Waals surface area contributed by atoms with E-state index in [9.17, 15) is 4.79 Å². The molecule has 7 heteroatoms. The van der Waals surface area contributed by atoms with E-state index in [0.29, 0.717) is 13.0 Å². The van der Waals surface area contributed by atoms with E-state index in [1.165, 1.54) is 12.8 Å². The molecule has 0 radical (unpaired) electrons. The first kappa shape index (κ1) is 17.1. The van der Waals surface area contributed by atoms with Crippen LogP contribution in [0.2, 0.25) is 0 Å². The summed E-state index contributed by atoms with van der Waals surface area (Å²) in [6, 6.07) is 5.19. The van der Waals surface area contributed by atoms with Crippen LogP contribution in [-0.2, 0) is 26.4 Å². The monoisotopic (exact) mass is 340 g/mol. The smallest absolute Gasteiger partial charge is 0.250 e. The van der Waals surface area contributed by atoms with E-state index in [2.05, 4.69) is 17.1 Å². The topological polar surface area (TPSA) is 70.5 Å². The summed E-state index contributed by atoms with van der Waals surface area (Å²) in [5, 5.41) is 8.89. The quantitative estimate of drug-likeness (QED) is 0.589. The molecule has 0 N–H and O–H groups in total. The maximum Gasteiger partial charge on any atom is 0.250 e. The van der Waals surface area contributed by atoms with Gasteiger partial charge in [-0.05, 0) is 12.5 Å². The van der Waals surface area contributed by atoms with E-state index >= 15 is 0 Å². The third kappa shape index (κ3) is 4.23. The third-order valence-electron chi connectivity index (χ3n) is 4.13. The molecule has 0 aliphatic carbocycles. The molecule has 0 spiro atoms. The molecule has 132 valence electrons. The van der Waals surface area contributed by atoms with Gasteiger partial charge in [-0.2, -0.15) is 10.2 Å². The minimum absolute atomic E-state index is 0.00175. The van der Waals surface area contributed by atoms with Gasteiger partial charge < -0.3 is 4.57 Å². The average molecular weight is 340 g/mol. The van der Waals surface area contributed by atoms with Crippen LogP contribution in [-0.4, -0.2) is 29.1 Å². The summed E-state index contributed by atoms with van der Waals surface area (Å²) in [5.41, 5.74) is 0.894. The van der Waals surface area contributed by atoms with Crippen molar-refractivity contribution in [3.8, 4) is 5.69 Å². The zero-order valence-electron chi connectivity index (χ0n) is 14.8. The van der Waals surface area contributed by atoms with Crippen molar-refractivity contribution < 1.29 is 0 Å². The lowest BCUT2D eigenvalue weighted by Gasteiger charge is -2.05. The lowest BCUT2D eigenvalue weighted by Crippen LogP contribution is -2.19. The van der Waals surface area contributed by atoms with Crippen LogP contribution in [0.15, 0.2) is 41.6 Å². The molecule has 3 heterocycles. The zero-order valence-corrected chi connectivity index (χ0v) is 14.8. The Hall–Kier alpha value is -2.70. The number of aromatic nitrogens is 6. The highest BCUT2D eigenvalue weighted by Gasteiger charge is 2.13. The van der Waals surface area contributed by atoms with Gasteiger partial charge in [0.05, 0.1) is 12.4 Å². The summed E-state index contributed by atoms with van der Waals surface area (Å²) >= 11 is 0. The summed E-state index contributed by atoms with van der Waals surface area (Å²) in [6.45, 7) is 2.76. The molecule has 0 atom stereocenters. The fraction of sp³-hybridized carbons (Fsp3) is 0.444. The standard InChI is InChI=1S/C18H24N6O/c1-3-4-5-8-16-20-17(10-12-23-11-7-6-9-18(23)25)24(21-16)15-13-19-22(2)14-15/h6-7,9,11,13-14H,3-5,8,10,12H2,1-2H3. The molecular formula is C18H24N6O. The Balaban J connectivity index is 1.82. The van der Waals surface area contributed by atoms with Crippen LogP contribution in [0, 0.1) is 0 Å². The van der Waals surface area contributed by atoms with Crippen molar-refractivity contribution in [2.24, 2.45) is 7.05 Å². The number of nitrogens with zero attached hydrogens (tertiary/aromatic N) is 6. The summed E-state index contributed by atoms with van der Waals surface area (Å²) in [5.74, 6) is 1.71. The van der Waals surface area contributed by atoms with Crippen molar-refractivity contribution in [3.63, 3.8) is 0 Å². The third-order valence-corrected chi connectivity index (χ3v) is 4.13. The number of aryl methyl sites for hydroxylation is 4. The van der Waals surface area contributed by atoms with Crippen molar-refractivity contribution in [1.29, 1.82) is 0 Å². The molecule has 0 aliphatic rings. The predicted molar refractivity (Wildman–Crippen MR) is 95.8 cm³/mol. The highest BCUT2D eigenvalue weighted by molar-refractivity contribution is 5.25. The van der Waals surface area contributed by atoms with E-state index in [4.69, 9.17) is 4.98 Å². The van der Waals surface area contributed by atoms with E-state index < -0.39 is 0 Å². The summed E-state index contributed by atoms with van der Waals surface area (Å²) in [6.07, 6.45) is 10.5.